The second kappa shape index (κ2) is 10.5. The standard InChI is InChI=1S/C20H34O4/c1-4-6-8-11-15-20(3,14-7-5-2)24-19(23)17-13-10-9-12-16(17)18(21)22/h9-10,16-17H,4-8,11-15H2,1-3H3,(H,21,22). The summed E-state index contributed by atoms with van der Waals surface area (Å²) >= 11 is 0. The number of ether oxygens (including phenoxy) is 1. The first-order valence-corrected chi connectivity index (χ1v) is 9.54. The molecule has 3 atom stereocenters. The van der Waals surface area contributed by atoms with Crippen LogP contribution in [0.5, 0.6) is 0 Å². The molecule has 1 N–H and O–H groups in total. The van der Waals surface area contributed by atoms with Crippen LogP contribution in [0.2, 0.25) is 0 Å². The number of esters is 1. The van der Waals surface area contributed by atoms with Crippen LogP contribution in [0.15, 0.2) is 12.2 Å². The summed E-state index contributed by atoms with van der Waals surface area (Å²) in [7, 11) is 0. The third kappa shape index (κ3) is 6.66. The van der Waals surface area contributed by atoms with Crippen molar-refractivity contribution < 1.29 is 19.4 Å². The molecule has 0 amide bonds. The monoisotopic (exact) mass is 338 g/mol. The van der Waals surface area contributed by atoms with Crippen molar-refractivity contribution in [3.8, 4) is 0 Å². The number of carboxylic acid groups (broad SMARTS) is 1. The summed E-state index contributed by atoms with van der Waals surface area (Å²) in [5, 5.41) is 9.36. The van der Waals surface area contributed by atoms with E-state index in [0.717, 1.165) is 38.5 Å². The predicted molar refractivity (Wildman–Crippen MR) is 95.8 cm³/mol. The molecule has 4 heteroatoms. The van der Waals surface area contributed by atoms with Gasteiger partial charge in [-0.2, -0.15) is 0 Å². The second-order valence-electron chi connectivity index (χ2n) is 7.28. The summed E-state index contributed by atoms with van der Waals surface area (Å²) in [5.74, 6) is -2.44. The largest absolute Gasteiger partial charge is 0.481 e. The van der Waals surface area contributed by atoms with Crippen LogP contribution in [0.25, 0.3) is 0 Å². The van der Waals surface area contributed by atoms with Crippen molar-refractivity contribution in [2.45, 2.75) is 90.6 Å². The van der Waals surface area contributed by atoms with E-state index in [4.69, 9.17) is 4.74 Å². The Morgan fingerprint density at radius 1 is 1.00 bits per heavy atom. The van der Waals surface area contributed by atoms with E-state index >= 15 is 0 Å². The Morgan fingerprint density at radius 3 is 2.17 bits per heavy atom. The molecule has 1 rings (SSSR count). The molecule has 0 saturated heterocycles. The zero-order valence-electron chi connectivity index (χ0n) is 15.6. The van der Waals surface area contributed by atoms with Gasteiger partial charge in [-0.3, -0.25) is 9.59 Å². The van der Waals surface area contributed by atoms with Gasteiger partial charge in [0.25, 0.3) is 0 Å². The first kappa shape index (κ1) is 20.7. The smallest absolute Gasteiger partial charge is 0.310 e. The lowest BCUT2D eigenvalue weighted by Crippen LogP contribution is -2.39. The Morgan fingerprint density at radius 2 is 1.58 bits per heavy atom. The molecule has 0 aromatic heterocycles. The molecular weight excluding hydrogens is 304 g/mol. The fourth-order valence-corrected chi connectivity index (χ4v) is 3.37. The molecular formula is C20H34O4. The molecule has 0 saturated carbocycles. The van der Waals surface area contributed by atoms with Gasteiger partial charge in [-0.25, -0.2) is 0 Å². The Hall–Kier alpha value is -1.32. The molecule has 4 nitrogen and oxygen atoms in total. The number of unbranched alkanes of at least 4 members (excludes halogenated alkanes) is 4. The van der Waals surface area contributed by atoms with Crippen molar-refractivity contribution in [3.05, 3.63) is 12.2 Å². The molecule has 0 aliphatic heterocycles. The van der Waals surface area contributed by atoms with E-state index in [9.17, 15) is 14.7 Å². The fraction of sp³-hybridized carbons (Fsp3) is 0.800. The average molecular weight is 338 g/mol. The van der Waals surface area contributed by atoms with Gasteiger partial charge in [-0.1, -0.05) is 51.7 Å². The van der Waals surface area contributed by atoms with Crippen molar-refractivity contribution in [1.82, 2.24) is 0 Å². The highest BCUT2D eigenvalue weighted by molar-refractivity contribution is 5.82. The van der Waals surface area contributed by atoms with E-state index < -0.39 is 23.4 Å². The third-order valence-electron chi connectivity index (χ3n) is 5.02. The summed E-state index contributed by atoms with van der Waals surface area (Å²) in [4.78, 5) is 24.1. The van der Waals surface area contributed by atoms with Gasteiger partial charge < -0.3 is 9.84 Å². The van der Waals surface area contributed by atoms with Crippen LogP contribution < -0.4 is 0 Å². The van der Waals surface area contributed by atoms with E-state index in [0.29, 0.717) is 12.8 Å². The summed E-state index contributed by atoms with van der Waals surface area (Å²) in [6, 6.07) is 0. The quantitative estimate of drug-likeness (QED) is 0.323. The van der Waals surface area contributed by atoms with Crippen LogP contribution in [-0.4, -0.2) is 22.6 Å². The normalized spacial score (nSPS) is 22.8. The Balaban J connectivity index is 2.70. The molecule has 1 aliphatic carbocycles. The van der Waals surface area contributed by atoms with E-state index in [2.05, 4.69) is 13.8 Å². The SMILES string of the molecule is CCCCCCC(C)(CCCC)OC(=O)C1CC=CCC1C(=O)O. The lowest BCUT2D eigenvalue weighted by Gasteiger charge is -2.33. The molecule has 0 aromatic rings. The number of aliphatic carboxylic acids is 1. The first-order valence-electron chi connectivity index (χ1n) is 9.54. The number of allylic oxidation sites excluding steroid dienone is 2. The van der Waals surface area contributed by atoms with Crippen LogP contribution in [0.4, 0.5) is 0 Å². The van der Waals surface area contributed by atoms with Crippen LogP contribution >= 0.6 is 0 Å². The molecule has 138 valence electrons. The van der Waals surface area contributed by atoms with Gasteiger partial charge in [0.15, 0.2) is 0 Å². The molecule has 0 aromatic carbocycles. The summed E-state index contributed by atoms with van der Waals surface area (Å²) < 4.78 is 5.90. The molecule has 0 heterocycles. The highest BCUT2D eigenvalue weighted by Gasteiger charge is 2.38. The molecule has 0 radical (unpaired) electrons. The maximum absolute atomic E-state index is 12.7. The van der Waals surface area contributed by atoms with Gasteiger partial charge in [-0.15, -0.1) is 0 Å². The lowest BCUT2D eigenvalue weighted by molar-refractivity contribution is -0.171. The van der Waals surface area contributed by atoms with Crippen molar-refractivity contribution in [1.29, 1.82) is 0 Å². The van der Waals surface area contributed by atoms with Gasteiger partial charge in [0.1, 0.15) is 5.60 Å². The van der Waals surface area contributed by atoms with Crippen LogP contribution in [0.1, 0.15) is 85.0 Å². The molecule has 3 unspecified atom stereocenters. The lowest BCUT2D eigenvalue weighted by atomic mass is 9.82. The average Bonchev–Trinajstić information content (AvgIpc) is 2.57. The van der Waals surface area contributed by atoms with Gasteiger partial charge in [0.05, 0.1) is 11.8 Å². The second-order valence-corrected chi connectivity index (χ2v) is 7.28. The number of hydrogen-bond donors (Lipinski definition) is 1. The minimum absolute atomic E-state index is 0.333. The maximum Gasteiger partial charge on any atom is 0.310 e. The fourth-order valence-electron chi connectivity index (χ4n) is 3.37. The zero-order chi connectivity index (χ0) is 18.0. The molecule has 24 heavy (non-hydrogen) atoms. The summed E-state index contributed by atoms with van der Waals surface area (Å²) in [6.07, 6.45) is 13.0. The minimum atomic E-state index is -0.903. The first-order chi connectivity index (χ1) is 11.4. The zero-order valence-corrected chi connectivity index (χ0v) is 15.6. The highest BCUT2D eigenvalue weighted by Crippen LogP contribution is 2.32. The predicted octanol–water partition coefficient (Wildman–Crippen LogP) is 5.12. The topological polar surface area (TPSA) is 63.6 Å². The van der Waals surface area contributed by atoms with Gasteiger partial charge in [0.2, 0.25) is 0 Å². The number of carbonyl (C=O) groups excluding carboxylic acids is 1. The Bertz CT molecular complexity index is 429. The molecule has 1 aliphatic rings. The van der Waals surface area contributed by atoms with Gasteiger partial charge in [-0.05, 0) is 45.4 Å². The van der Waals surface area contributed by atoms with Crippen molar-refractivity contribution in [2.24, 2.45) is 11.8 Å². The maximum atomic E-state index is 12.7. The highest BCUT2D eigenvalue weighted by atomic mass is 16.6. The van der Waals surface area contributed by atoms with Gasteiger partial charge >= 0.3 is 11.9 Å². The molecule has 0 bridgehead atoms. The van der Waals surface area contributed by atoms with Crippen LogP contribution in [-0.2, 0) is 14.3 Å². The van der Waals surface area contributed by atoms with Crippen molar-refractivity contribution >= 4 is 11.9 Å². The van der Waals surface area contributed by atoms with E-state index in [1.165, 1.54) is 12.8 Å². The number of carbonyl (C=O) groups is 2. The van der Waals surface area contributed by atoms with Crippen molar-refractivity contribution in [3.63, 3.8) is 0 Å². The Kier molecular flexibility index (Phi) is 9.09. The summed E-state index contributed by atoms with van der Waals surface area (Å²) in [5.41, 5.74) is -0.467. The molecule has 0 spiro atoms. The summed E-state index contributed by atoms with van der Waals surface area (Å²) in [6.45, 7) is 6.32. The van der Waals surface area contributed by atoms with Crippen LogP contribution in [0, 0.1) is 11.8 Å². The van der Waals surface area contributed by atoms with E-state index in [1.54, 1.807) is 0 Å². The van der Waals surface area contributed by atoms with Gasteiger partial charge in [0, 0.05) is 0 Å². The minimum Gasteiger partial charge on any atom is -0.481 e. The Labute approximate surface area is 146 Å². The number of hydrogen-bond acceptors (Lipinski definition) is 3. The number of rotatable bonds is 11. The molecule has 0 fully saturated rings. The van der Waals surface area contributed by atoms with E-state index in [1.807, 2.05) is 19.1 Å². The van der Waals surface area contributed by atoms with Crippen molar-refractivity contribution in [2.75, 3.05) is 0 Å². The number of carboxylic acids is 1. The third-order valence-corrected chi connectivity index (χ3v) is 5.02. The van der Waals surface area contributed by atoms with Crippen LogP contribution in [0.3, 0.4) is 0 Å². The van der Waals surface area contributed by atoms with E-state index in [-0.39, 0.29) is 5.97 Å².